The Bertz CT molecular complexity index is 1140. The molecule has 0 spiro atoms. The van der Waals surface area contributed by atoms with Crippen molar-refractivity contribution in [3.05, 3.63) is 54.2 Å². The molecule has 1 heterocycles. The molecule has 6 nitrogen and oxygen atoms in total. The zero-order valence-corrected chi connectivity index (χ0v) is 15.2. The summed E-state index contributed by atoms with van der Waals surface area (Å²) in [5.74, 6) is -4.36. The summed E-state index contributed by atoms with van der Waals surface area (Å²) in [6.45, 7) is 0. The predicted octanol–water partition coefficient (Wildman–Crippen LogP) is 4.26. The molecule has 0 radical (unpaired) electrons. The van der Waals surface area contributed by atoms with Crippen LogP contribution in [0.4, 0.5) is 22.0 Å². The molecule has 0 amide bonds. The molecule has 0 aliphatic rings. The van der Waals surface area contributed by atoms with Crippen molar-refractivity contribution in [2.24, 2.45) is 0 Å². The minimum absolute atomic E-state index is 0.0943. The van der Waals surface area contributed by atoms with Gasteiger partial charge in [-0.2, -0.15) is 31.1 Å². The fourth-order valence-electron chi connectivity index (χ4n) is 2.44. The molecule has 1 aromatic heterocycles. The summed E-state index contributed by atoms with van der Waals surface area (Å²) in [5.41, 5.74) is -5.23. The molecule has 0 aliphatic heterocycles. The lowest BCUT2D eigenvalue weighted by molar-refractivity contribution is -0.0501. The molecular formula is C17H11F5N2O4S. The van der Waals surface area contributed by atoms with Crippen LogP contribution in [0.15, 0.2) is 42.6 Å². The standard InChI is InChI=1S/C17H11F5N2O4S/c1-27-10-4-2-9(3-5-10)16-12(8-23-24-16)11-6-7-13(15(19)14(11)18)28-29(25,26)17(20,21)22/h2-8H,1H3,(H,23,24). The van der Waals surface area contributed by atoms with Gasteiger partial charge in [-0.15, -0.1) is 0 Å². The molecule has 0 unspecified atom stereocenters. The van der Waals surface area contributed by atoms with Crippen LogP contribution in [0.25, 0.3) is 22.4 Å². The second-order valence-corrected chi connectivity index (χ2v) is 7.15. The fraction of sp³-hybridized carbons (Fsp3) is 0.118. The first-order valence-electron chi connectivity index (χ1n) is 7.72. The normalized spacial score (nSPS) is 12.1. The van der Waals surface area contributed by atoms with Crippen LogP contribution in [0.2, 0.25) is 0 Å². The van der Waals surface area contributed by atoms with Crippen molar-refractivity contribution in [2.75, 3.05) is 7.11 Å². The van der Waals surface area contributed by atoms with Crippen LogP contribution >= 0.6 is 0 Å². The molecule has 0 saturated carbocycles. The van der Waals surface area contributed by atoms with E-state index >= 15 is 0 Å². The second-order valence-electron chi connectivity index (χ2n) is 5.61. The van der Waals surface area contributed by atoms with E-state index in [9.17, 15) is 30.4 Å². The number of methoxy groups -OCH3 is 1. The first-order chi connectivity index (χ1) is 13.5. The van der Waals surface area contributed by atoms with Crippen molar-refractivity contribution in [3.63, 3.8) is 0 Å². The summed E-state index contributed by atoms with van der Waals surface area (Å²) in [6, 6.07) is 7.96. The van der Waals surface area contributed by atoms with Crippen LogP contribution in [-0.4, -0.2) is 31.2 Å². The van der Waals surface area contributed by atoms with E-state index in [0.717, 1.165) is 6.07 Å². The maximum Gasteiger partial charge on any atom is 0.534 e. The number of halogens is 5. The molecular weight excluding hydrogens is 423 g/mol. The van der Waals surface area contributed by atoms with Gasteiger partial charge in [-0.05, 0) is 36.4 Å². The van der Waals surface area contributed by atoms with E-state index in [1.807, 2.05) is 0 Å². The quantitative estimate of drug-likeness (QED) is 0.369. The molecule has 1 N–H and O–H groups in total. The SMILES string of the molecule is COc1ccc(-c2[nH]ncc2-c2ccc(OS(=O)(=O)C(F)(F)F)c(F)c2F)cc1. The lowest BCUT2D eigenvalue weighted by atomic mass is 10.0. The Morgan fingerprint density at radius 2 is 1.62 bits per heavy atom. The number of alkyl halides is 3. The zero-order valence-electron chi connectivity index (χ0n) is 14.4. The summed E-state index contributed by atoms with van der Waals surface area (Å²) < 4.78 is 96.7. The number of nitrogens with zero attached hydrogens (tertiary/aromatic N) is 1. The summed E-state index contributed by atoms with van der Waals surface area (Å²) in [4.78, 5) is 0. The van der Waals surface area contributed by atoms with Crippen LogP contribution in [0.5, 0.6) is 11.5 Å². The average molecular weight is 434 g/mol. The maximum absolute atomic E-state index is 14.5. The highest BCUT2D eigenvalue weighted by Gasteiger charge is 2.49. The number of rotatable bonds is 5. The first-order valence-corrected chi connectivity index (χ1v) is 9.13. The summed E-state index contributed by atoms with van der Waals surface area (Å²) in [7, 11) is -4.68. The first kappa shape index (κ1) is 20.6. The average Bonchev–Trinajstić information content (AvgIpc) is 3.14. The van der Waals surface area contributed by atoms with Gasteiger partial charge in [-0.1, -0.05) is 0 Å². The van der Waals surface area contributed by atoms with Crippen LogP contribution in [0, 0.1) is 11.6 Å². The van der Waals surface area contributed by atoms with Gasteiger partial charge in [0.15, 0.2) is 11.6 Å². The van der Waals surface area contributed by atoms with E-state index in [4.69, 9.17) is 4.74 Å². The lowest BCUT2D eigenvalue weighted by Gasteiger charge is -2.12. The zero-order chi connectivity index (χ0) is 21.4. The van der Waals surface area contributed by atoms with Crippen molar-refractivity contribution in [2.45, 2.75) is 5.51 Å². The minimum atomic E-state index is -6.15. The lowest BCUT2D eigenvalue weighted by Crippen LogP contribution is -2.28. The van der Waals surface area contributed by atoms with Crippen LogP contribution in [-0.2, 0) is 10.1 Å². The van der Waals surface area contributed by atoms with Gasteiger partial charge in [0.05, 0.1) is 19.0 Å². The topological polar surface area (TPSA) is 81.3 Å². The van der Waals surface area contributed by atoms with Gasteiger partial charge in [0.1, 0.15) is 5.75 Å². The van der Waals surface area contributed by atoms with Crippen molar-refractivity contribution in [1.82, 2.24) is 10.2 Å². The van der Waals surface area contributed by atoms with Crippen LogP contribution in [0.3, 0.4) is 0 Å². The molecule has 0 atom stereocenters. The van der Waals surface area contributed by atoms with Crippen LogP contribution < -0.4 is 8.92 Å². The number of ether oxygens (including phenoxy) is 1. The predicted molar refractivity (Wildman–Crippen MR) is 91.5 cm³/mol. The van der Waals surface area contributed by atoms with Gasteiger partial charge in [-0.25, -0.2) is 4.39 Å². The van der Waals surface area contributed by atoms with Crippen molar-refractivity contribution in [1.29, 1.82) is 0 Å². The number of aromatic amines is 1. The highest BCUT2D eigenvalue weighted by molar-refractivity contribution is 7.88. The molecule has 0 saturated heterocycles. The van der Waals surface area contributed by atoms with E-state index in [1.165, 1.54) is 13.3 Å². The molecule has 0 fully saturated rings. The minimum Gasteiger partial charge on any atom is -0.497 e. The van der Waals surface area contributed by atoms with E-state index in [1.54, 1.807) is 24.3 Å². The molecule has 3 aromatic rings. The number of nitrogens with one attached hydrogen (secondary N) is 1. The Morgan fingerprint density at radius 1 is 0.966 bits per heavy atom. The monoisotopic (exact) mass is 434 g/mol. The van der Waals surface area contributed by atoms with E-state index in [0.29, 0.717) is 23.1 Å². The Labute approximate surface area is 161 Å². The molecule has 0 bridgehead atoms. The molecule has 0 aliphatic carbocycles. The third-order valence-electron chi connectivity index (χ3n) is 3.84. The molecule has 154 valence electrons. The Balaban J connectivity index is 2.02. The Kier molecular flexibility index (Phi) is 5.22. The third-order valence-corrected chi connectivity index (χ3v) is 4.80. The molecule has 29 heavy (non-hydrogen) atoms. The summed E-state index contributed by atoms with van der Waals surface area (Å²) >= 11 is 0. The van der Waals surface area contributed by atoms with Gasteiger partial charge in [0, 0.05) is 16.7 Å². The third kappa shape index (κ3) is 3.88. The summed E-state index contributed by atoms with van der Waals surface area (Å²) in [5, 5.41) is 6.40. The fourth-order valence-corrected chi connectivity index (χ4v) is 2.90. The van der Waals surface area contributed by atoms with Crippen molar-refractivity contribution in [3.8, 4) is 33.9 Å². The Morgan fingerprint density at radius 3 is 2.21 bits per heavy atom. The maximum atomic E-state index is 14.5. The van der Waals surface area contributed by atoms with E-state index in [2.05, 4.69) is 14.4 Å². The largest absolute Gasteiger partial charge is 0.534 e. The van der Waals surface area contributed by atoms with E-state index < -0.39 is 33.0 Å². The number of hydrogen-bond acceptors (Lipinski definition) is 5. The van der Waals surface area contributed by atoms with Gasteiger partial charge in [0.2, 0.25) is 5.82 Å². The number of H-pyrrole nitrogens is 1. The van der Waals surface area contributed by atoms with Crippen LogP contribution in [0.1, 0.15) is 0 Å². The molecule has 3 rings (SSSR count). The van der Waals surface area contributed by atoms with E-state index in [-0.39, 0.29) is 11.1 Å². The molecule has 12 heteroatoms. The van der Waals surface area contributed by atoms with Crippen molar-refractivity contribution < 1.29 is 39.3 Å². The van der Waals surface area contributed by atoms with Gasteiger partial charge in [0.25, 0.3) is 0 Å². The number of benzene rings is 2. The highest BCUT2D eigenvalue weighted by atomic mass is 32.2. The highest BCUT2D eigenvalue weighted by Crippen LogP contribution is 2.36. The summed E-state index contributed by atoms with van der Waals surface area (Å²) in [6.07, 6.45) is 1.18. The smallest absolute Gasteiger partial charge is 0.497 e. The Hall–Kier alpha value is -3.15. The number of aromatic nitrogens is 2. The second kappa shape index (κ2) is 7.35. The number of hydrogen-bond donors (Lipinski definition) is 1. The van der Waals surface area contributed by atoms with Gasteiger partial charge in [-0.3, -0.25) is 5.10 Å². The van der Waals surface area contributed by atoms with Gasteiger partial charge < -0.3 is 8.92 Å². The van der Waals surface area contributed by atoms with Crippen molar-refractivity contribution >= 4 is 10.1 Å². The molecule has 2 aromatic carbocycles. The van der Waals surface area contributed by atoms with Gasteiger partial charge >= 0.3 is 15.6 Å².